The number of rotatable bonds is 7. The molecule has 1 unspecified atom stereocenters. The highest BCUT2D eigenvalue weighted by Gasteiger charge is 2.39. The van der Waals surface area contributed by atoms with Gasteiger partial charge in [0, 0.05) is 13.0 Å². The minimum atomic E-state index is -0.465. The molecule has 0 aromatic heterocycles. The third kappa shape index (κ3) is 4.92. The third-order valence-electron chi connectivity index (χ3n) is 4.25. The summed E-state index contributed by atoms with van der Waals surface area (Å²) in [6.45, 7) is 2.80. The second kappa shape index (κ2) is 9.41. The van der Waals surface area contributed by atoms with Gasteiger partial charge < -0.3 is 10.1 Å². The Labute approximate surface area is 169 Å². The molecule has 1 heterocycles. The Balaban J connectivity index is 1.84. The van der Waals surface area contributed by atoms with Crippen molar-refractivity contribution in [2.75, 3.05) is 13.7 Å². The maximum absolute atomic E-state index is 13.0. The van der Waals surface area contributed by atoms with Crippen LogP contribution in [0.5, 0.6) is 5.75 Å². The van der Waals surface area contributed by atoms with Crippen molar-refractivity contribution < 1.29 is 14.3 Å². The second-order valence-corrected chi connectivity index (χ2v) is 7.44. The molecule has 2 aromatic rings. The summed E-state index contributed by atoms with van der Waals surface area (Å²) in [5, 5.41) is 2.90. The van der Waals surface area contributed by atoms with Crippen LogP contribution in [0.1, 0.15) is 18.9 Å². The van der Waals surface area contributed by atoms with E-state index >= 15 is 0 Å². The van der Waals surface area contributed by atoms with Crippen LogP contribution < -0.4 is 10.1 Å². The summed E-state index contributed by atoms with van der Waals surface area (Å²) >= 11 is 1.34. The monoisotopic (exact) mass is 397 g/mol. The van der Waals surface area contributed by atoms with Gasteiger partial charge in [-0.3, -0.25) is 14.5 Å². The van der Waals surface area contributed by atoms with Gasteiger partial charge in [0.1, 0.15) is 11.0 Å². The molecule has 1 aliphatic rings. The van der Waals surface area contributed by atoms with E-state index in [1.807, 2.05) is 61.5 Å². The second-order valence-electron chi connectivity index (χ2n) is 6.27. The Hall–Kier alpha value is -2.80. The van der Waals surface area contributed by atoms with Crippen molar-refractivity contribution in [2.45, 2.75) is 25.1 Å². The van der Waals surface area contributed by atoms with Crippen molar-refractivity contribution in [3.63, 3.8) is 0 Å². The zero-order valence-corrected chi connectivity index (χ0v) is 16.7. The first kappa shape index (κ1) is 19.9. The van der Waals surface area contributed by atoms with Crippen molar-refractivity contribution in [3.05, 3.63) is 60.2 Å². The number of methoxy groups -OCH3 is 1. The number of hydrogen-bond acceptors (Lipinski definition) is 5. The standard InChI is InChI=1S/C21H23N3O3S/c1-3-22-19(25)13-18-20(26)24(14-15-9-11-17(27-2)12-10-15)21(28-18)23-16-7-5-4-6-8-16/h4-12,18H,3,13-14H2,1-2H3,(H,22,25). The predicted octanol–water partition coefficient (Wildman–Crippen LogP) is 3.35. The number of benzene rings is 2. The van der Waals surface area contributed by atoms with Crippen LogP contribution in [0.15, 0.2) is 59.6 Å². The molecule has 7 heteroatoms. The number of nitrogens with zero attached hydrogens (tertiary/aromatic N) is 2. The van der Waals surface area contributed by atoms with Gasteiger partial charge in [0.25, 0.3) is 0 Å². The summed E-state index contributed by atoms with van der Waals surface area (Å²) in [5.74, 6) is 0.540. The van der Waals surface area contributed by atoms with Gasteiger partial charge in [-0.05, 0) is 36.8 Å². The molecular formula is C21H23N3O3S. The molecule has 1 N–H and O–H groups in total. The first-order valence-corrected chi connectivity index (χ1v) is 10.00. The number of carbonyl (C=O) groups excluding carboxylic acids is 2. The lowest BCUT2D eigenvalue weighted by Crippen LogP contribution is -2.34. The number of carbonyl (C=O) groups is 2. The minimum Gasteiger partial charge on any atom is -0.497 e. The summed E-state index contributed by atoms with van der Waals surface area (Å²) in [6.07, 6.45) is 0.143. The van der Waals surface area contributed by atoms with Crippen molar-refractivity contribution >= 4 is 34.4 Å². The summed E-state index contributed by atoms with van der Waals surface area (Å²) in [5.41, 5.74) is 1.74. The normalized spacial score (nSPS) is 17.8. The van der Waals surface area contributed by atoms with Gasteiger partial charge in [0.15, 0.2) is 5.17 Å². The smallest absolute Gasteiger partial charge is 0.242 e. The van der Waals surface area contributed by atoms with E-state index in [9.17, 15) is 9.59 Å². The fraction of sp³-hybridized carbons (Fsp3) is 0.286. The van der Waals surface area contributed by atoms with E-state index in [2.05, 4.69) is 10.3 Å². The van der Waals surface area contributed by atoms with E-state index in [-0.39, 0.29) is 18.2 Å². The number of hydrogen-bond donors (Lipinski definition) is 1. The SMILES string of the molecule is CCNC(=O)CC1SC(=Nc2ccccc2)N(Cc2ccc(OC)cc2)C1=O. The van der Waals surface area contributed by atoms with Gasteiger partial charge in [0.05, 0.1) is 19.3 Å². The third-order valence-corrected chi connectivity index (χ3v) is 5.42. The lowest BCUT2D eigenvalue weighted by Gasteiger charge is -2.17. The number of nitrogens with one attached hydrogen (secondary N) is 1. The summed E-state index contributed by atoms with van der Waals surface area (Å²) in [6, 6.07) is 17.1. The minimum absolute atomic E-state index is 0.0956. The van der Waals surface area contributed by atoms with Gasteiger partial charge in [-0.2, -0.15) is 0 Å². The number of amides is 2. The molecule has 28 heavy (non-hydrogen) atoms. The fourth-order valence-electron chi connectivity index (χ4n) is 2.83. The van der Waals surface area contributed by atoms with Crippen LogP contribution in [0.3, 0.4) is 0 Å². The summed E-state index contributed by atoms with van der Waals surface area (Å²) in [4.78, 5) is 31.3. The lowest BCUT2D eigenvalue weighted by atomic mass is 10.2. The number of thioether (sulfide) groups is 1. The maximum atomic E-state index is 13.0. The first-order chi connectivity index (χ1) is 13.6. The quantitative estimate of drug-likeness (QED) is 0.778. The van der Waals surface area contributed by atoms with E-state index in [1.165, 1.54) is 11.8 Å². The van der Waals surface area contributed by atoms with E-state index in [1.54, 1.807) is 12.0 Å². The number of amidine groups is 1. The highest BCUT2D eigenvalue weighted by molar-refractivity contribution is 8.15. The van der Waals surface area contributed by atoms with Crippen molar-refractivity contribution in [3.8, 4) is 5.75 Å². The van der Waals surface area contributed by atoms with Crippen molar-refractivity contribution in [1.29, 1.82) is 0 Å². The maximum Gasteiger partial charge on any atom is 0.242 e. The van der Waals surface area contributed by atoms with E-state index in [4.69, 9.17) is 4.74 Å². The Bertz CT molecular complexity index is 853. The average Bonchev–Trinajstić information content (AvgIpc) is 2.98. The highest BCUT2D eigenvalue weighted by atomic mass is 32.2. The zero-order valence-electron chi connectivity index (χ0n) is 15.9. The van der Waals surface area contributed by atoms with Crippen molar-refractivity contribution in [1.82, 2.24) is 10.2 Å². The molecule has 6 nitrogen and oxygen atoms in total. The van der Waals surface area contributed by atoms with Crippen LogP contribution in [-0.2, 0) is 16.1 Å². The molecule has 0 radical (unpaired) electrons. The average molecular weight is 398 g/mol. The van der Waals surface area contributed by atoms with Crippen LogP contribution in [0.2, 0.25) is 0 Å². The number of aliphatic imine (C=N–C) groups is 1. The molecular weight excluding hydrogens is 374 g/mol. The fourth-order valence-corrected chi connectivity index (χ4v) is 3.99. The Morgan fingerprint density at radius 1 is 1.18 bits per heavy atom. The Morgan fingerprint density at radius 3 is 2.54 bits per heavy atom. The van der Waals surface area contributed by atoms with Crippen LogP contribution in [0, 0.1) is 0 Å². The van der Waals surface area contributed by atoms with Gasteiger partial charge >= 0.3 is 0 Å². The van der Waals surface area contributed by atoms with Crippen LogP contribution in [-0.4, -0.2) is 40.8 Å². The highest BCUT2D eigenvalue weighted by Crippen LogP contribution is 2.33. The molecule has 3 rings (SSSR count). The molecule has 146 valence electrons. The molecule has 0 saturated carbocycles. The summed E-state index contributed by atoms with van der Waals surface area (Å²) < 4.78 is 5.19. The predicted molar refractivity (Wildman–Crippen MR) is 112 cm³/mol. The largest absolute Gasteiger partial charge is 0.497 e. The van der Waals surface area contributed by atoms with Gasteiger partial charge in [-0.1, -0.05) is 42.1 Å². The van der Waals surface area contributed by atoms with E-state index < -0.39 is 5.25 Å². The van der Waals surface area contributed by atoms with Crippen LogP contribution >= 0.6 is 11.8 Å². The molecule has 1 aliphatic heterocycles. The van der Waals surface area contributed by atoms with Crippen LogP contribution in [0.4, 0.5) is 5.69 Å². The number of ether oxygens (including phenoxy) is 1. The lowest BCUT2D eigenvalue weighted by molar-refractivity contribution is -0.129. The molecule has 2 aromatic carbocycles. The Kier molecular flexibility index (Phi) is 6.71. The molecule has 2 amide bonds. The van der Waals surface area contributed by atoms with Gasteiger partial charge in [-0.15, -0.1) is 0 Å². The van der Waals surface area contributed by atoms with Gasteiger partial charge in [-0.25, -0.2) is 4.99 Å². The molecule has 0 bridgehead atoms. The van der Waals surface area contributed by atoms with E-state index in [0.29, 0.717) is 18.3 Å². The number of para-hydroxylation sites is 1. The summed E-state index contributed by atoms with van der Waals surface area (Å²) in [7, 11) is 1.62. The first-order valence-electron chi connectivity index (χ1n) is 9.12. The Morgan fingerprint density at radius 2 is 1.89 bits per heavy atom. The molecule has 1 fully saturated rings. The van der Waals surface area contributed by atoms with E-state index in [0.717, 1.165) is 17.0 Å². The molecule has 0 spiro atoms. The zero-order chi connectivity index (χ0) is 19.9. The molecule has 1 atom stereocenters. The topological polar surface area (TPSA) is 71.0 Å². The van der Waals surface area contributed by atoms with Gasteiger partial charge in [0.2, 0.25) is 11.8 Å². The molecule has 0 aliphatic carbocycles. The van der Waals surface area contributed by atoms with Crippen molar-refractivity contribution in [2.24, 2.45) is 4.99 Å². The molecule has 1 saturated heterocycles. The van der Waals surface area contributed by atoms with Crippen LogP contribution in [0.25, 0.3) is 0 Å².